The molecule has 0 bridgehead atoms. The molecule has 1 saturated carbocycles. The predicted octanol–water partition coefficient (Wildman–Crippen LogP) is 3.07. The Morgan fingerprint density at radius 2 is 2.11 bits per heavy atom. The van der Waals surface area contributed by atoms with E-state index < -0.39 is 0 Å². The first-order valence-electron chi connectivity index (χ1n) is 7.45. The topological polar surface area (TPSA) is 40.7 Å². The molecule has 1 aliphatic carbocycles. The van der Waals surface area contributed by atoms with Gasteiger partial charge in [-0.1, -0.05) is 19.8 Å². The number of nitrogens with zero attached hydrogens (tertiary/aromatic N) is 1. The Kier molecular flexibility index (Phi) is 5.24. The Labute approximate surface area is 111 Å². The zero-order chi connectivity index (χ0) is 12.8. The fourth-order valence-corrected chi connectivity index (χ4v) is 2.87. The summed E-state index contributed by atoms with van der Waals surface area (Å²) in [6, 6.07) is 0. The van der Waals surface area contributed by atoms with E-state index in [1.165, 1.54) is 49.9 Å². The van der Waals surface area contributed by atoms with Gasteiger partial charge in [-0.05, 0) is 63.1 Å². The quantitative estimate of drug-likeness (QED) is 0.761. The molecule has 1 heterocycles. The Hall–Kier alpha value is -0.830. The Balaban J connectivity index is 1.53. The van der Waals surface area contributed by atoms with E-state index >= 15 is 0 Å². The molecule has 0 amide bonds. The third kappa shape index (κ3) is 4.13. The Morgan fingerprint density at radius 1 is 1.33 bits per heavy atom. The van der Waals surface area contributed by atoms with Crippen LogP contribution in [0.1, 0.15) is 50.3 Å². The SMILES string of the molecule is Cc1[nH]ncc1CCCNCC1CCC(C)CC1. The lowest BCUT2D eigenvalue weighted by atomic mass is 9.83. The summed E-state index contributed by atoms with van der Waals surface area (Å²) in [5, 5.41) is 10.7. The fourth-order valence-electron chi connectivity index (χ4n) is 2.87. The molecule has 0 saturated heterocycles. The van der Waals surface area contributed by atoms with E-state index in [1.54, 1.807) is 0 Å². The van der Waals surface area contributed by atoms with Gasteiger partial charge in [-0.2, -0.15) is 5.10 Å². The van der Waals surface area contributed by atoms with Crippen molar-refractivity contribution in [3.8, 4) is 0 Å². The van der Waals surface area contributed by atoms with Crippen LogP contribution in [0.3, 0.4) is 0 Å². The van der Waals surface area contributed by atoms with E-state index in [2.05, 4.69) is 29.4 Å². The second kappa shape index (κ2) is 6.93. The number of nitrogens with one attached hydrogen (secondary N) is 2. The van der Waals surface area contributed by atoms with Gasteiger partial charge in [0.05, 0.1) is 6.20 Å². The number of hydrogen-bond acceptors (Lipinski definition) is 2. The molecule has 1 aromatic rings. The molecule has 18 heavy (non-hydrogen) atoms. The van der Waals surface area contributed by atoms with Crippen LogP contribution in [0.4, 0.5) is 0 Å². The van der Waals surface area contributed by atoms with Gasteiger partial charge in [0, 0.05) is 5.69 Å². The largest absolute Gasteiger partial charge is 0.316 e. The molecule has 0 aromatic carbocycles. The van der Waals surface area contributed by atoms with Gasteiger partial charge in [0.25, 0.3) is 0 Å². The second-order valence-corrected chi connectivity index (χ2v) is 5.95. The molecule has 3 nitrogen and oxygen atoms in total. The molecule has 0 unspecified atom stereocenters. The van der Waals surface area contributed by atoms with Crippen molar-refractivity contribution in [2.75, 3.05) is 13.1 Å². The monoisotopic (exact) mass is 249 g/mol. The van der Waals surface area contributed by atoms with Gasteiger partial charge in [-0.15, -0.1) is 0 Å². The molecule has 1 fully saturated rings. The van der Waals surface area contributed by atoms with Crippen molar-refractivity contribution in [1.82, 2.24) is 15.5 Å². The van der Waals surface area contributed by atoms with Gasteiger partial charge in [-0.25, -0.2) is 0 Å². The molecule has 2 N–H and O–H groups in total. The van der Waals surface area contributed by atoms with Crippen LogP contribution in [-0.2, 0) is 6.42 Å². The van der Waals surface area contributed by atoms with E-state index in [0.717, 1.165) is 24.8 Å². The Bertz CT molecular complexity index is 337. The first kappa shape index (κ1) is 13.6. The first-order chi connectivity index (χ1) is 8.75. The van der Waals surface area contributed by atoms with Gasteiger partial charge in [0.15, 0.2) is 0 Å². The molecule has 0 spiro atoms. The zero-order valence-electron chi connectivity index (χ0n) is 11.8. The van der Waals surface area contributed by atoms with Crippen LogP contribution in [0.15, 0.2) is 6.20 Å². The maximum Gasteiger partial charge on any atom is 0.0522 e. The van der Waals surface area contributed by atoms with E-state index in [-0.39, 0.29) is 0 Å². The van der Waals surface area contributed by atoms with E-state index in [0.29, 0.717) is 0 Å². The highest BCUT2D eigenvalue weighted by Crippen LogP contribution is 2.27. The minimum Gasteiger partial charge on any atom is -0.316 e. The molecule has 0 atom stereocenters. The Morgan fingerprint density at radius 3 is 2.78 bits per heavy atom. The van der Waals surface area contributed by atoms with Crippen molar-refractivity contribution in [2.24, 2.45) is 11.8 Å². The molecule has 3 heteroatoms. The van der Waals surface area contributed by atoms with Crippen molar-refractivity contribution in [3.63, 3.8) is 0 Å². The molecular formula is C15H27N3. The normalized spacial score (nSPS) is 24.3. The maximum atomic E-state index is 4.06. The molecule has 1 aromatic heterocycles. The minimum absolute atomic E-state index is 0.928. The van der Waals surface area contributed by atoms with Crippen LogP contribution < -0.4 is 5.32 Å². The average molecular weight is 249 g/mol. The van der Waals surface area contributed by atoms with Crippen molar-refractivity contribution in [3.05, 3.63) is 17.5 Å². The van der Waals surface area contributed by atoms with E-state index in [9.17, 15) is 0 Å². The number of hydrogen-bond donors (Lipinski definition) is 2. The van der Waals surface area contributed by atoms with Crippen molar-refractivity contribution in [2.45, 2.75) is 52.4 Å². The van der Waals surface area contributed by atoms with E-state index in [1.807, 2.05) is 6.20 Å². The van der Waals surface area contributed by atoms with Gasteiger partial charge in [0.2, 0.25) is 0 Å². The summed E-state index contributed by atoms with van der Waals surface area (Å²) in [7, 11) is 0. The number of rotatable bonds is 6. The second-order valence-electron chi connectivity index (χ2n) is 5.95. The fraction of sp³-hybridized carbons (Fsp3) is 0.800. The van der Waals surface area contributed by atoms with Crippen LogP contribution in [-0.4, -0.2) is 23.3 Å². The minimum atomic E-state index is 0.928. The summed E-state index contributed by atoms with van der Waals surface area (Å²) in [6.45, 7) is 6.84. The number of aromatic nitrogens is 2. The van der Waals surface area contributed by atoms with Gasteiger partial charge < -0.3 is 5.32 Å². The molecule has 0 aliphatic heterocycles. The summed E-state index contributed by atoms with van der Waals surface area (Å²) < 4.78 is 0. The van der Waals surface area contributed by atoms with E-state index in [4.69, 9.17) is 0 Å². The number of H-pyrrole nitrogens is 1. The highest BCUT2D eigenvalue weighted by atomic mass is 15.1. The van der Waals surface area contributed by atoms with Crippen LogP contribution >= 0.6 is 0 Å². The molecule has 2 rings (SSSR count). The lowest BCUT2D eigenvalue weighted by molar-refractivity contribution is 0.282. The third-order valence-corrected chi connectivity index (χ3v) is 4.30. The summed E-state index contributed by atoms with van der Waals surface area (Å²) in [6.07, 6.45) is 10.0. The lowest BCUT2D eigenvalue weighted by Crippen LogP contribution is -2.27. The van der Waals surface area contributed by atoms with Gasteiger partial charge in [0.1, 0.15) is 0 Å². The standard InChI is InChI=1S/C15H27N3/c1-12-5-7-14(8-6-12)10-16-9-3-4-15-11-17-18-13(15)2/h11-12,14,16H,3-10H2,1-2H3,(H,17,18). The maximum absolute atomic E-state index is 4.06. The van der Waals surface area contributed by atoms with Gasteiger partial charge in [-0.3, -0.25) is 5.10 Å². The smallest absolute Gasteiger partial charge is 0.0522 e. The van der Waals surface area contributed by atoms with Crippen LogP contribution in [0.5, 0.6) is 0 Å². The molecule has 102 valence electrons. The molecule has 1 aliphatic rings. The first-order valence-corrected chi connectivity index (χ1v) is 7.45. The molecular weight excluding hydrogens is 222 g/mol. The number of aromatic amines is 1. The van der Waals surface area contributed by atoms with Crippen molar-refractivity contribution < 1.29 is 0 Å². The van der Waals surface area contributed by atoms with Crippen LogP contribution in [0, 0.1) is 18.8 Å². The number of aryl methyl sites for hydroxylation is 2. The summed E-state index contributed by atoms with van der Waals surface area (Å²) >= 11 is 0. The van der Waals surface area contributed by atoms with Gasteiger partial charge >= 0.3 is 0 Å². The predicted molar refractivity (Wildman–Crippen MR) is 75.6 cm³/mol. The highest BCUT2D eigenvalue weighted by molar-refractivity contribution is 5.14. The third-order valence-electron chi connectivity index (χ3n) is 4.30. The lowest BCUT2D eigenvalue weighted by Gasteiger charge is -2.26. The molecule has 0 radical (unpaired) electrons. The summed E-state index contributed by atoms with van der Waals surface area (Å²) in [5.41, 5.74) is 2.58. The average Bonchev–Trinajstić information content (AvgIpc) is 2.77. The zero-order valence-corrected chi connectivity index (χ0v) is 11.8. The van der Waals surface area contributed by atoms with Crippen LogP contribution in [0.25, 0.3) is 0 Å². The van der Waals surface area contributed by atoms with Crippen molar-refractivity contribution >= 4 is 0 Å². The van der Waals surface area contributed by atoms with Crippen LogP contribution in [0.2, 0.25) is 0 Å². The summed E-state index contributed by atoms with van der Waals surface area (Å²) in [4.78, 5) is 0. The summed E-state index contributed by atoms with van der Waals surface area (Å²) in [5.74, 6) is 1.89. The van der Waals surface area contributed by atoms with Crippen molar-refractivity contribution in [1.29, 1.82) is 0 Å². The highest BCUT2D eigenvalue weighted by Gasteiger charge is 2.17.